The maximum atomic E-state index is 11.9. The lowest BCUT2D eigenvalue weighted by molar-refractivity contribution is -0.123. The molecule has 6 nitrogen and oxygen atoms in total. The van der Waals surface area contributed by atoms with Crippen molar-refractivity contribution in [3.63, 3.8) is 0 Å². The van der Waals surface area contributed by atoms with Gasteiger partial charge in [0, 0.05) is 0 Å². The van der Waals surface area contributed by atoms with Crippen molar-refractivity contribution in [2.24, 2.45) is 0 Å². The van der Waals surface area contributed by atoms with Crippen molar-refractivity contribution < 1.29 is 19.1 Å². The van der Waals surface area contributed by atoms with E-state index in [-0.39, 0.29) is 10.7 Å². The number of benzene rings is 1. The molecule has 0 saturated carbocycles. The highest BCUT2D eigenvalue weighted by Gasteiger charge is 2.25. The number of amides is 2. The van der Waals surface area contributed by atoms with Gasteiger partial charge in [0.1, 0.15) is 5.57 Å². The molecule has 1 aliphatic heterocycles. The normalized spacial score (nSPS) is 13.9. The number of carbonyl (C=O) groups excluding carboxylic acids is 2. The van der Waals surface area contributed by atoms with Gasteiger partial charge in [-0.05, 0) is 49.3 Å². The Hall–Kier alpha value is -2.41. The number of hydrogen-bond donors (Lipinski definition) is 2. The minimum Gasteiger partial charge on any atom is -0.490 e. The van der Waals surface area contributed by atoms with Gasteiger partial charge in [-0.1, -0.05) is 32.3 Å². The molecule has 1 aromatic rings. The summed E-state index contributed by atoms with van der Waals surface area (Å²) in [5.74, 6) is 0.203. The van der Waals surface area contributed by atoms with Crippen LogP contribution in [0, 0.1) is 0 Å². The van der Waals surface area contributed by atoms with Gasteiger partial charge in [-0.25, -0.2) is 0 Å². The molecule has 0 aromatic heterocycles. The molecular formula is C19H24N2O4S. The fourth-order valence-corrected chi connectivity index (χ4v) is 2.67. The Morgan fingerprint density at radius 1 is 1.00 bits per heavy atom. The fourth-order valence-electron chi connectivity index (χ4n) is 2.49. The van der Waals surface area contributed by atoms with E-state index in [4.69, 9.17) is 21.7 Å². The van der Waals surface area contributed by atoms with Gasteiger partial charge < -0.3 is 9.47 Å². The van der Waals surface area contributed by atoms with E-state index in [1.54, 1.807) is 18.2 Å². The number of thiocarbonyl (C=S) groups is 1. The van der Waals surface area contributed by atoms with Crippen LogP contribution in [0.5, 0.6) is 11.5 Å². The average Bonchev–Trinajstić information content (AvgIpc) is 2.59. The lowest BCUT2D eigenvalue weighted by Gasteiger charge is -2.17. The van der Waals surface area contributed by atoms with Crippen LogP contribution < -0.4 is 20.1 Å². The van der Waals surface area contributed by atoms with Gasteiger partial charge in [0.25, 0.3) is 11.8 Å². The third kappa shape index (κ3) is 5.56. The van der Waals surface area contributed by atoms with E-state index in [0.717, 1.165) is 12.8 Å². The standard InChI is InChI=1S/C19H24N2O4S/c1-3-5-6-7-10-25-15-9-8-13(12-16(15)24-4-2)11-14-17(22)20-19(26)21-18(14)23/h8-9,11-12H,3-7,10H2,1-2H3,(H2,20,21,22,23,26). The zero-order valence-electron chi connectivity index (χ0n) is 15.1. The maximum Gasteiger partial charge on any atom is 0.263 e. The topological polar surface area (TPSA) is 76.7 Å². The van der Waals surface area contributed by atoms with Crippen molar-refractivity contribution >= 4 is 35.2 Å². The van der Waals surface area contributed by atoms with E-state index in [0.29, 0.717) is 30.3 Å². The van der Waals surface area contributed by atoms with Gasteiger partial charge in [-0.3, -0.25) is 20.2 Å². The molecule has 1 saturated heterocycles. The molecule has 2 rings (SSSR count). The number of rotatable bonds is 9. The Balaban J connectivity index is 2.14. The first-order valence-electron chi connectivity index (χ1n) is 8.83. The molecule has 0 radical (unpaired) electrons. The number of carbonyl (C=O) groups is 2. The Morgan fingerprint density at radius 3 is 2.38 bits per heavy atom. The van der Waals surface area contributed by atoms with Crippen LogP contribution in [0.3, 0.4) is 0 Å². The summed E-state index contributed by atoms with van der Waals surface area (Å²) in [6.45, 7) is 5.17. The van der Waals surface area contributed by atoms with E-state index in [1.807, 2.05) is 6.92 Å². The number of ether oxygens (including phenoxy) is 2. The zero-order chi connectivity index (χ0) is 18.9. The average molecular weight is 376 g/mol. The van der Waals surface area contributed by atoms with Crippen LogP contribution in [-0.4, -0.2) is 30.1 Å². The second kappa shape index (κ2) is 9.91. The van der Waals surface area contributed by atoms with Gasteiger partial charge in [0.05, 0.1) is 13.2 Å². The molecule has 1 fully saturated rings. The number of unbranched alkanes of at least 4 members (excludes halogenated alkanes) is 3. The van der Waals surface area contributed by atoms with Crippen molar-refractivity contribution in [2.75, 3.05) is 13.2 Å². The summed E-state index contributed by atoms with van der Waals surface area (Å²) in [5, 5.41) is 4.84. The van der Waals surface area contributed by atoms with E-state index in [9.17, 15) is 9.59 Å². The van der Waals surface area contributed by atoms with Gasteiger partial charge >= 0.3 is 0 Å². The predicted molar refractivity (Wildman–Crippen MR) is 104 cm³/mol. The molecule has 2 N–H and O–H groups in total. The quantitative estimate of drug-likeness (QED) is 0.300. The second-order valence-corrected chi connectivity index (χ2v) is 6.25. The molecule has 2 amide bonds. The monoisotopic (exact) mass is 376 g/mol. The van der Waals surface area contributed by atoms with Crippen molar-refractivity contribution in [1.82, 2.24) is 10.6 Å². The van der Waals surface area contributed by atoms with Crippen LogP contribution in [-0.2, 0) is 9.59 Å². The lowest BCUT2D eigenvalue weighted by atomic mass is 10.1. The highest BCUT2D eigenvalue weighted by atomic mass is 32.1. The molecule has 0 bridgehead atoms. The Bertz CT molecular complexity index is 693. The number of hydrogen-bond acceptors (Lipinski definition) is 5. The summed E-state index contributed by atoms with van der Waals surface area (Å²) in [7, 11) is 0. The third-order valence-corrected chi connectivity index (χ3v) is 3.98. The predicted octanol–water partition coefficient (Wildman–Crippen LogP) is 2.96. The van der Waals surface area contributed by atoms with Crippen molar-refractivity contribution in [3.05, 3.63) is 29.3 Å². The van der Waals surface area contributed by atoms with E-state index >= 15 is 0 Å². The van der Waals surface area contributed by atoms with Gasteiger partial charge in [-0.15, -0.1) is 0 Å². The highest BCUT2D eigenvalue weighted by molar-refractivity contribution is 7.80. The minimum atomic E-state index is -0.520. The summed E-state index contributed by atoms with van der Waals surface area (Å²) < 4.78 is 11.5. The van der Waals surface area contributed by atoms with Crippen molar-refractivity contribution in [2.45, 2.75) is 39.5 Å². The first kappa shape index (κ1) is 19.9. The molecule has 0 atom stereocenters. The van der Waals surface area contributed by atoms with Gasteiger partial charge in [0.15, 0.2) is 16.6 Å². The molecule has 0 spiro atoms. The first-order valence-corrected chi connectivity index (χ1v) is 9.24. The first-order chi connectivity index (χ1) is 12.5. The molecule has 1 aliphatic rings. The van der Waals surface area contributed by atoms with Crippen molar-refractivity contribution in [3.8, 4) is 11.5 Å². The van der Waals surface area contributed by atoms with Crippen LogP contribution in [0.2, 0.25) is 0 Å². The van der Waals surface area contributed by atoms with Gasteiger partial charge in [-0.2, -0.15) is 0 Å². The van der Waals surface area contributed by atoms with E-state index < -0.39 is 11.8 Å². The molecule has 0 unspecified atom stereocenters. The molecular weight excluding hydrogens is 352 g/mol. The highest BCUT2D eigenvalue weighted by Crippen LogP contribution is 2.29. The molecule has 7 heteroatoms. The lowest BCUT2D eigenvalue weighted by Crippen LogP contribution is -2.51. The Kier molecular flexibility index (Phi) is 7.59. The summed E-state index contributed by atoms with van der Waals surface area (Å²) in [4.78, 5) is 23.9. The third-order valence-electron chi connectivity index (χ3n) is 3.78. The molecule has 1 heterocycles. The largest absolute Gasteiger partial charge is 0.490 e. The van der Waals surface area contributed by atoms with Crippen LogP contribution in [0.4, 0.5) is 0 Å². The molecule has 26 heavy (non-hydrogen) atoms. The Morgan fingerprint density at radius 2 is 1.73 bits per heavy atom. The summed E-state index contributed by atoms with van der Waals surface area (Å²) in [5.41, 5.74) is 0.661. The zero-order valence-corrected chi connectivity index (χ0v) is 15.9. The fraction of sp³-hybridized carbons (Fsp3) is 0.421. The smallest absolute Gasteiger partial charge is 0.263 e. The summed E-state index contributed by atoms with van der Waals surface area (Å²) in [6.07, 6.45) is 6.00. The van der Waals surface area contributed by atoms with Gasteiger partial charge in [0.2, 0.25) is 0 Å². The maximum absolute atomic E-state index is 11.9. The molecule has 0 aliphatic carbocycles. The van der Waals surface area contributed by atoms with Crippen LogP contribution in [0.1, 0.15) is 45.1 Å². The summed E-state index contributed by atoms with van der Waals surface area (Å²) in [6, 6.07) is 5.33. The van der Waals surface area contributed by atoms with Crippen molar-refractivity contribution in [1.29, 1.82) is 0 Å². The molecule has 1 aromatic carbocycles. The number of nitrogens with one attached hydrogen (secondary N) is 2. The molecule has 140 valence electrons. The van der Waals surface area contributed by atoms with Crippen LogP contribution in [0.15, 0.2) is 23.8 Å². The van der Waals surface area contributed by atoms with Crippen LogP contribution >= 0.6 is 12.2 Å². The van der Waals surface area contributed by atoms with E-state index in [1.165, 1.54) is 18.9 Å². The second-order valence-electron chi connectivity index (χ2n) is 5.84. The summed E-state index contributed by atoms with van der Waals surface area (Å²) >= 11 is 4.79. The van der Waals surface area contributed by atoms with E-state index in [2.05, 4.69) is 17.6 Å². The van der Waals surface area contributed by atoms with Crippen LogP contribution in [0.25, 0.3) is 6.08 Å². The minimum absolute atomic E-state index is 0.00529. The SMILES string of the molecule is CCCCCCOc1ccc(C=C2C(=O)NC(=S)NC2=O)cc1OCC. The Labute approximate surface area is 158 Å².